The Bertz CT molecular complexity index is 559. The Morgan fingerprint density at radius 1 is 1.38 bits per heavy atom. The lowest BCUT2D eigenvalue weighted by Gasteiger charge is -2.14. The van der Waals surface area contributed by atoms with Crippen LogP contribution < -0.4 is 11.1 Å². The van der Waals surface area contributed by atoms with Crippen LogP contribution in [0, 0.1) is 6.92 Å². The zero-order valence-corrected chi connectivity index (χ0v) is 12.6. The maximum Gasteiger partial charge on any atom is 0.228 e. The van der Waals surface area contributed by atoms with Gasteiger partial charge in [0.1, 0.15) is 0 Å². The molecule has 0 aliphatic rings. The number of benzene rings is 1. The predicted molar refractivity (Wildman–Crippen MR) is 81.2 cm³/mol. The first-order chi connectivity index (χ1) is 9.70. The maximum absolute atomic E-state index is 12.1. The molecule has 1 aromatic carbocycles. The molecule has 1 amide bonds. The average Bonchev–Trinajstić information content (AvgIpc) is 2.86. The topological polar surface area (TPSA) is 94.0 Å². The minimum Gasteiger partial charge on any atom is -0.355 e. The molecule has 0 spiro atoms. The van der Waals surface area contributed by atoms with Crippen molar-refractivity contribution in [3.8, 4) is 0 Å². The van der Waals surface area contributed by atoms with Crippen molar-refractivity contribution in [2.24, 2.45) is 5.73 Å². The van der Waals surface area contributed by atoms with Gasteiger partial charge in [0.2, 0.25) is 11.8 Å². The molecule has 1 aromatic heterocycles. The molecular formula is C14H19ClN4O2. The number of nitrogens with one attached hydrogen (secondary N) is 1. The number of amides is 1. The summed E-state index contributed by atoms with van der Waals surface area (Å²) in [4.78, 5) is 16.2. The van der Waals surface area contributed by atoms with E-state index in [4.69, 9.17) is 10.3 Å². The van der Waals surface area contributed by atoms with E-state index in [0.29, 0.717) is 24.7 Å². The van der Waals surface area contributed by atoms with Gasteiger partial charge in [0.15, 0.2) is 5.82 Å². The van der Waals surface area contributed by atoms with Gasteiger partial charge in [-0.1, -0.05) is 35.5 Å². The van der Waals surface area contributed by atoms with Crippen LogP contribution in [0.25, 0.3) is 0 Å². The van der Waals surface area contributed by atoms with Gasteiger partial charge in [-0.2, -0.15) is 4.98 Å². The van der Waals surface area contributed by atoms with Crippen LogP contribution in [0.2, 0.25) is 0 Å². The Hall–Kier alpha value is -1.92. The fraction of sp³-hybridized carbons (Fsp3) is 0.357. The van der Waals surface area contributed by atoms with E-state index >= 15 is 0 Å². The van der Waals surface area contributed by atoms with Crippen LogP contribution in [-0.4, -0.2) is 29.1 Å². The molecule has 0 aliphatic heterocycles. The van der Waals surface area contributed by atoms with Crippen LogP contribution in [0.15, 0.2) is 34.9 Å². The van der Waals surface area contributed by atoms with Crippen LogP contribution in [0.4, 0.5) is 0 Å². The van der Waals surface area contributed by atoms with Crippen LogP contribution >= 0.6 is 12.4 Å². The Labute approximate surface area is 129 Å². The third kappa shape index (κ3) is 4.84. The summed E-state index contributed by atoms with van der Waals surface area (Å²) in [7, 11) is 0. The molecule has 0 bridgehead atoms. The molecular weight excluding hydrogens is 292 g/mol. The number of aryl methyl sites for hydroxylation is 1. The number of carbonyl (C=O) groups is 1. The SMILES string of the molecule is Cc1noc(CCNC(=O)C(CN)c2ccccc2)n1.Cl. The maximum atomic E-state index is 12.1. The second-order valence-electron chi connectivity index (χ2n) is 4.48. The number of hydrogen-bond donors (Lipinski definition) is 2. The van der Waals surface area contributed by atoms with Gasteiger partial charge in [0.25, 0.3) is 0 Å². The molecule has 2 rings (SSSR count). The van der Waals surface area contributed by atoms with E-state index in [1.54, 1.807) is 6.92 Å². The summed E-state index contributed by atoms with van der Waals surface area (Å²) in [6.07, 6.45) is 0.513. The lowest BCUT2D eigenvalue weighted by atomic mass is 9.98. The zero-order chi connectivity index (χ0) is 14.4. The second-order valence-corrected chi connectivity index (χ2v) is 4.48. The number of halogens is 1. The van der Waals surface area contributed by atoms with E-state index in [1.807, 2.05) is 30.3 Å². The number of rotatable bonds is 6. The summed E-state index contributed by atoms with van der Waals surface area (Å²) in [5, 5.41) is 6.54. The number of carbonyl (C=O) groups excluding carboxylic acids is 1. The van der Waals surface area contributed by atoms with Gasteiger partial charge in [0.05, 0.1) is 5.92 Å². The van der Waals surface area contributed by atoms with Gasteiger partial charge in [-0.25, -0.2) is 0 Å². The van der Waals surface area contributed by atoms with Crippen molar-refractivity contribution >= 4 is 18.3 Å². The normalized spacial score (nSPS) is 11.5. The third-order valence-electron chi connectivity index (χ3n) is 2.96. The lowest BCUT2D eigenvalue weighted by Crippen LogP contribution is -2.34. The fourth-order valence-corrected chi connectivity index (χ4v) is 1.94. The van der Waals surface area contributed by atoms with Crippen molar-refractivity contribution in [3.63, 3.8) is 0 Å². The zero-order valence-electron chi connectivity index (χ0n) is 11.8. The molecule has 2 aromatic rings. The minimum atomic E-state index is -0.333. The Kier molecular flexibility index (Phi) is 6.84. The molecule has 7 heteroatoms. The van der Waals surface area contributed by atoms with Crippen LogP contribution in [-0.2, 0) is 11.2 Å². The van der Waals surface area contributed by atoms with E-state index in [1.165, 1.54) is 0 Å². The predicted octanol–water partition coefficient (Wildman–Crippen LogP) is 1.20. The summed E-state index contributed by atoms with van der Waals surface area (Å²) in [5.74, 6) is 0.692. The second kappa shape index (κ2) is 8.39. The summed E-state index contributed by atoms with van der Waals surface area (Å²) < 4.78 is 4.98. The minimum absolute atomic E-state index is 0. The molecule has 0 saturated heterocycles. The quantitative estimate of drug-likeness (QED) is 0.836. The first kappa shape index (κ1) is 17.1. The van der Waals surface area contributed by atoms with Crippen LogP contribution in [0.1, 0.15) is 23.2 Å². The molecule has 1 unspecified atom stereocenters. The highest BCUT2D eigenvalue weighted by atomic mass is 35.5. The van der Waals surface area contributed by atoms with Gasteiger partial charge in [-0.3, -0.25) is 4.79 Å². The van der Waals surface area contributed by atoms with E-state index < -0.39 is 0 Å². The van der Waals surface area contributed by atoms with Gasteiger partial charge in [0, 0.05) is 19.5 Å². The van der Waals surface area contributed by atoms with Crippen molar-refractivity contribution in [1.82, 2.24) is 15.5 Å². The average molecular weight is 311 g/mol. The molecule has 1 heterocycles. The highest BCUT2D eigenvalue weighted by Crippen LogP contribution is 2.13. The van der Waals surface area contributed by atoms with Gasteiger partial charge >= 0.3 is 0 Å². The summed E-state index contributed by atoms with van der Waals surface area (Å²) in [5.41, 5.74) is 6.61. The number of nitrogens with two attached hydrogens (primary N) is 1. The van der Waals surface area contributed by atoms with Crippen LogP contribution in [0.3, 0.4) is 0 Å². The molecule has 0 aliphatic carbocycles. The van der Waals surface area contributed by atoms with E-state index in [-0.39, 0.29) is 30.8 Å². The van der Waals surface area contributed by atoms with Crippen molar-refractivity contribution in [1.29, 1.82) is 0 Å². The molecule has 21 heavy (non-hydrogen) atoms. The van der Waals surface area contributed by atoms with Gasteiger partial charge < -0.3 is 15.6 Å². The molecule has 0 fully saturated rings. The molecule has 114 valence electrons. The number of nitrogens with zero attached hydrogens (tertiary/aromatic N) is 2. The largest absolute Gasteiger partial charge is 0.355 e. The van der Waals surface area contributed by atoms with Gasteiger partial charge in [-0.15, -0.1) is 12.4 Å². The summed E-state index contributed by atoms with van der Waals surface area (Å²) in [6, 6.07) is 9.50. The standard InChI is InChI=1S/C14H18N4O2.ClH/c1-10-17-13(20-18-10)7-8-16-14(19)12(9-15)11-5-3-2-4-6-11;/h2-6,12H,7-9,15H2,1H3,(H,16,19);1H. The lowest BCUT2D eigenvalue weighted by molar-refractivity contribution is -0.122. The highest BCUT2D eigenvalue weighted by molar-refractivity contribution is 5.85. The Morgan fingerprint density at radius 3 is 2.67 bits per heavy atom. The first-order valence-electron chi connectivity index (χ1n) is 6.52. The summed E-state index contributed by atoms with van der Waals surface area (Å²) in [6.45, 7) is 2.48. The third-order valence-corrected chi connectivity index (χ3v) is 2.96. The van der Waals surface area contributed by atoms with E-state index in [2.05, 4.69) is 15.5 Å². The fourth-order valence-electron chi connectivity index (χ4n) is 1.94. The highest BCUT2D eigenvalue weighted by Gasteiger charge is 2.18. The molecule has 3 N–H and O–H groups in total. The Morgan fingerprint density at radius 2 is 2.10 bits per heavy atom. The molecule has 0 radical (unpaired) electrons. The van der Waals surface area contributed by atoms with E-state index in [0.717, 1.165) is 5.56 Å². The van der Waals surface area contributed by atoms with Crippen molar-refractivity contribution in [2.75, 3.05) is 13.1 Å². The molecule has 6 nitrogen and oxygen atoms in total. The van der Waals surface area contributed by atoms with Crippen molar-refractivity contribution < 1.29 is 9.32 Å². The van der Waals surface area contributed by atoms with E-state index in [9.17, 15) is 4.79 Å². The van der Waals surface area contributed by atoms with Gasteiger partial charge in [-0.05, 0) is 12.5 Å². The molecule has 0 saturated carbocycles. The first-order valence-corrected chi connectivity index (χ1v) is 6.52. The smallest absolute Gasteiger partial charge is 0.228 e. The number of aromatic nitrogens is 2. The number of hydrogen-bond acceptors (Lipinski definition) is 5. The van der Waals surface area contributed by atoms with Crippen molar-refractivity contribution in [2.45, 2.75) is 19.3 Å². The van der Waals surface area contributed by atoms with Crippen LogP contribution in [0.5, 0.6) is 0 Å². The molecule has 1 atom stereocenters. The Balaban J connectivity index is 0.00000220. The summed E-state index contributed by atoms with van der Waals surface area (Å²) >= 11 is 0. The van der Waals surface area contributed by atoms with Crippen molar-refractivity contribution in [3.05, 3.63) is 47.6 Å². The monoisotopic (exact) mass is 310 g/mol.